The fraction of sp³-hybridized carbons (Fsp3) is 0.429. The van der Waals surface area contributed by atoms with Crippen molar-refractivity contribution < 1.29 is 5.11 Å². The van der Waals surface area contributed by atoms with Gasteiger partial charge in [-0.05, 0) is 47.6 Å². The summed E-state index contributed by atoms with van der Waals surface area (Å²) in [6, 6.07) is 5.48. The molecule has 1 nitrogen and oxygen atoms in total. The minimum Gasteiger partial charge on any atom is -0.389 e. The van der Waals surface area contributed by atoms with E-state index in [-0.39, 0.29) is 0 Å². The molecule has 1 saturated heterocycles. The van der Waals surface area contributed by atoms with E-state index in [9.17, 15) is 5.11 Å². The lowest BCUT2D eigenvalue weighted by atomic mass is 9.87. The molecule has 0 amide bonds. The molecule has 0 unspecified atom stereocenters. The summed E-state index contributed by atoms with van der Waals surface area (Å²) < 4.78 is 0. The first-order valence-electron chi connectivity index (χ1n) is 5.93. The van der Waals surface area contributed by atoms with Gasteiger partial charge in [-0.1, -0.05) is 35.8 Å². The molecule has 0 spiro atoms. The van der Waals surface area contributed by atoms with Crippen LogP contribution in [0.15, 0.2) is 24.8 Å². The van der Waals surface area contributed by atoms with E-state index in [1.807, 2.05) is 23.9 Å². The van der Waals surface area contributed by atoms with Crippen LogP contribution in [0, 0.1) is 0 Å². The van der Waals surface area contributed by atoms with E-state index in [1.54, 1.807) is 6.07 Å². The van der Waals surface area contributed by atoms with Gasteiger partial charge in [0.1, 0.15) is 0 Å². The van der Waals surface area contributed by atoms with Crippen molar-refractivity contribution >= 4 is 40.5 Å². The molecule has 1 N–H and O–H groups in total. The molecule has 1 aliphatic heterocycles. The summed E-state index contributed by atoms with van der Waals surface area (Å²) in [5, 5.41) is 11.6. The Labute approximate surface area is 122 Å². The molecule has 4 heteroatoms. The molecule has 0 saturated carbocycles. The molecule has 2 rings (SSSR count). The SMILES string of the molecule is C=C(CC1(O)CCSCC1)c1ccc(Cl)c(Cl)c1. The summed E-state index contributed by atoms with van der Waals surface area (Å²) in [5.41, 5.74) is 1.27. The van der Waals surface area contributed by atoms with Crippen molar-refractivity contribution in [2.45, 2.75) is 24.9 Å². The van der Waals surface area contributed by atoms with E-state index in [0.29, 0.717) is 16.5 Å². The summed E-state index contributed by atoms with van der Waals surface area (Å²) in [7, 11) is 0. The normalized spacial score (nSPS) is 18.6. The number of thioether (sulfide) groups is 1. The van der Waals surface area contributed by atoms with Gasteiger partial charge >= 0.3 is 0 Å². The molecular formula is C14H16Cl2OS. The number of benzene rings is 1. The Morgan fingerprint density at radius 3 is 2.56 bits per heavy atom. The summed E-state index contributed by atoms with van der Waals surface area (Å²) >= 11 is 13.8. The largest absolute Gasteiger partial charge is 0.389 e. The van der Waals surface area contributed by atoms with Crippen molar-refractivity contribution in [3.63, 3.8) is 0 Å². The van der Waals surface area contributed by atoms with Crippen LogP contribution in [0.2, 0.25) is 10.0 Å². The number of hydrogen-bond acceptors (Lipinski definition) is 2. The predicted octanol–water partition coefficient (Wildman–Crippen LogP) is 4.65. The highest BCUT2D eigenvalue weighted by atomic mass is 35.5. The smallest absolute Gasteiger partial charge is 0.0703 e. The minimum atomic E-state index is -0.603. The fourth-order valence-corrected chi connectivity index (χ4v) is 3.69. The van der Waals surface area contributed by atoms with Crippen LogP contribution in [-0.2, 0) is 0 Å². The Morgan fingerprint density at radius 2 is 1.94 bits per heavy atom. The molecule has 1 heterocycles. The maximum Gasteiger partial charge on any atom is 0.0703 e. The molecule has 18 heavy (non-hydrogen) atoms. The monoisotopic (exact) mass is 302 g/mol. The second-order valence-corrected chi connectivity index (χ2v) is 6.79. The quantitative estimate of drug-likeness (QED) is 0.876. The molecule has 1 aliphatic rings. The summed E-state index contributed by atoms with van der Waals surface area (Å²) in [4.78, 5) is 0. The second kappa shape index (κ2) is 5.87. The van der Waals surface area contributed by atoms with Gasteiger partial charge < -0.3 is 5.11 Å². The van der Waals surface area contributed by atoms with Gasteiger partial charge in [-0.3, -0.25) is 0 Å². The Balaban J connectivity index is 2.09. The standard InChI is InChI=1S/C14H16Cl2OS/c1-10(9-14(17)4-6-18-7-5-14)11-2-3-12(15)13(16)8-11/h2-3,8,17H,1,4-7,9H2. The fourth-order valence-electron chi connectivity index (χ4n) is 2.14. The Bertz CT molecular complexity index is 453. The molecule has 1 aromatic rings. The zero-order chi connectivity index (χ0) is 13.2. The highest BCUT2D eigenvalue weighted by molar-refractivity contribution is 7.99. The van der Waals surface area contributed by atoms with Crippen LogP contribution >= 0.6 is 35.0 Å². The number of aliphatic hydroxyl groups is 1. The summed E-state index contributed by atoms with van der Waals surface area (Å²) in [6.45, 7) is 4.07. The molecular weight excluding hydrogens is 287 g/mol. The van der Waals surface area contributed by atoms with Crippen LogP contribution in [0.5, 0.6) is 0 Å². The molecule has 1 aromatic carbocycles. The highest BCUT2D eigenvalue weighted by Crippen LogP contribution is 2.35. The van der Waals surface area contributed by atoms with Crippen LogP contribution < -0.4 is 0 Å². The summed E-state index contributed by atoms with van der Waals surface area (Å²) in [6.07, 6.45) is 2.27. The topological polar surface area (TPSA) is 20.2 Å². The molecule has 98 valence electrons. The zero-order valence-electron chi connectivity index (χ0n) is 10.1. The van der Waals surface area contributed by atoms with Gasteiger partial charge in [-0.15, -0.1) is 0 Å². The van der Waals surface area contributed by atoms with Crippen molar-refractivity contribution in [1.82, 2.24) is 0 Å². The third-order valence-electron chi connectivity index (χ3n) is 3.29. The van der Waals surface area contributed by atoms with Crippen molar-refractivity contribution in [2.75, 3.05) is 11.5 Å². The third kappa shape index (κ3) is 3.45. The third-order valence-corrected chi connectivity index (χ3v) is 5.02. The molecule has 1 fully saturated rings. The molecule has 0 bridgehead atoms. The Morgan fingerprint density at radius 1 is 1.28 bits per heavy atom. The van der Waals surface area contributed by atoms with E-state index in [1.165, 1.54) is 0 Å². The van der Waals surface area contributed by atoms with Crippen LogP contribution in [0.25, 0.3) is 5.57 Å². The van der Waals surface area contributed by atoms with Crippen LogP contribution in [0.3, 0.4) is 0 Å². The maximum absolute atomic E-state index is 10.5. The van der Waals surface area contributed by atoms with Gasteiger partial charge in [-0.2, -0.15) is 11.8 Å². The molecule has 0 aromatic heterocycles. The van der Waals surface area contributed by atoms with Crippen molar-refractivity contribution in [2.24, 2.45) is 0 Å². The number of halogens is 2. The van der Waals surface area contributed by atoms with Gasteiger partial charge in [0.25, 0.3) is 0 Å². The van der Waals surface area contributed by atoms with Gasteiger partial charge in [0, 0.05) is 6.42 Å². The van der Waals surface area contributed by atoms with Crippen LogP contribution in [0.4, 0.5) is 0 Å². The van der Waals surface area contributed by atoms with E-state index >= 15 is 0 Å². The lowest BCUT2D eigenvalue weighted by Crippen LogP contribution is -2.33. The maximum atomic E-state index is 10.5. The van der Waals surface area contributed by atoms with Gasteiger partial charge in [0.2, 0.25) is 0 Å². The first-order valence-corrected chi connectivity index (χ1v) is 7.85. The Kier molecular flexibility index (Phi) is 4.65. The summed E-state index contributed by atoms with van der Waals surface area (Å²) in [5.74, 6) is 2.04. The van der Waals surface area contributed by atoms with Gasteiger partial charge in [-0.25, -0.2) is 0 Å². The van der Waals surface area contributed by atoms with Crippen LogP contribution in [-0.4, -0.2) is 22.2 Å². The second-order valence-electron chi connectivity index (χ2n) is 4.75. The van der Waals surface area contributed by atoms with Crippen LogP contribution in [0.1, 0.15) is 24.8 Å². The van der Waals surface area contributed by atoms with Crippen molar-refractivity contribution in [1.29, 1.82) is 0 Å². The van der Waals surface area contributed by atoms with Gasteiger partial charge in [0.15, 0.2) is 0 Å². The van der Waals surface area contributed by atoms with Crippen molar-refractivity contribution in [3.8, 4) is 0 Å². The molecule has 0 atom stereocenters. The first-order chi connectivity index (χ1) is 8.50. The van der Waals surface area contributed by atoms with E-state index in [2.05, 4.69) is 6.58 Å². The molecule has 0 radical (unpaired) electrons. The number of rotatable bonds is 3. The first kappa shape index (κ1) is 14.3. The molecule has 0 aliphatic carbocycles. The Hall–Kier alpha value is -0.150. The predicted molar refractivity (Wildman–Crippen MR) is 81.6 cm³/mol. The number of hydrogen-bond donors (Lipinski definition) is 1. The highest BCUT2D eigenvalue weighted by Gasteiger charge is 2.30. The van der Waals surface area contributed by atoms with Gasteiger partial charge in [0.05, 0.1) is 15.6 Å². The van der Waals surface area contributed by atoms with E-state index in [4.69, 9.17) is 23.2 Å². The lowest BCUT2D eigenvalue weighted by molar-refractivity contribution is 0.0374. The van der Waals surface area contributed by atoms with E-state index < -0.39 is 5.60 Å². The van der Waals surface area contributed by atoms with E-state index in [0.717, 1.165) is 35.5 Å². The minimum absolute atomic E-state index is 0.529. The van der Waals surface area contributed by atoms with Crippen molar-refractivity contribution in [3.05, 3.63) is 40.4 Å². The zero-order valence-corrected chi connectivity index (χ0v) is 12.4. The lowest BCUT2D eigenvalue weighted by Gasteiger charge is -2.32. The average Bonchev–Trinajstić information content (AvgIpc) is 2.33. The average molecular weight is 303 g/mol.